The molecule has 1 saturated heterocycles. The van der Waals surface area contributed by atoms with E-state index in [1.807, 2.05) is 32.6 Å². The number of piperazine rings is 1. The minimum Gasteiger partial charge on any atom is -0.481 e. The normalized spacial score (nSPS) is 15.4. The number of carbonyl (C=O) groups excluding carboxylic acids is 1. The van der Waals surface area contributed by atoms with Crippen molar-refractivity contribution in [2.75, 3.05) is 31.1 Å². The molecule has 1 atom stereocenters. The highest BCUT2D eigenvalue weighted by Crippen LogP contribution is 2.21. The van der Waals surface area contributed by atoms with Gasteiger partial charge in [-0.1, -0.05) is 17.7 Å². The largest absolute Gasteiger partial charge is 0.481 e. The van der Waals surface area contributed by atoms with E-state index >= 15 is 0 Å². The first-order valence-electron chi connectivity index (χ1n) is 10.9. The number of halogens is 1. The van der Waals surface area contributed by atoms with Crippen molar-refractivity contribution < 1.29 is 9.53 Å². The Morgan fingerprint density at radius 1 is 0.938 bits per heavy atom. The molecule has 1 aliphatic rings. The molecule has 1 amide bonds. The van der Waals surface area contributed by atoms with Crippen LogP contribution in [-0.4, -0.2) is 52.2 Å². The Kier molecular flexibility index (Phi) is 7.33. The average molecular weight is 463 g/mol. The standard InChI is InChI=1S/C23H31ClN4O4/c1-15(2)27-20(14-21(29)28(16(3)4)23(27)31)25-9-11-26(12-10-25)22(30)17(5)32-19-8-6-7-18(24)13-19/h6-8,13-17H,9-12H2,1-5H3/t17-/m1/s1. The van der Waals surface area contributed by atoms with Crippen LogP contribution in [0.2, 0.25) is 5.02 Å². The Balaban J connectivity index is 1.73. The van der Waals surface area contributed by atoms with Crippen LogP contribution in [0.3, 0.4) is 0 Å². The van der Waals surface area contributed by atoms with E-state index in [9.17, 15) is 14.4 Å². The molecule has 2 heterocycles. The number of hydrogen-bond acceptors (Lipinski definition) is 5. The van der Waals surface area contributed by atoms with Gasteiger partial charge in [0.05, 0.1) is 0 Å². The Hall–Kier alpha value is -2.74. The summed E-state index contributed by atoms with van der Waals surface area (Å²) in [6.07, 6.45) is -0.649. The summed E-state index contributed by atoms with van der Waals surface area (Å²) in [5.41, 5.74) is -0.612. The summed E-state index contributed by atoms with van der Waals surface area (Å²) in [5.74, 6) is 1.03. The van der Waals surface area contributed by atoms with Crippen LogP contribution in [0.5, 0.6) is 5.75 Å². The van der Waals surface area contributed by atoms with Crippen LogP contribution < -0.4 is 20.9 Å². The van der Waals surface area contributed by atoms with E-state index in [0.29, 0.717) is 42.8 Å². The smallest absolute Gasteiger partial charge is 0.333 e. The highest BCUT2D eigenvalue weighted by atomic mass is 35.5. The summed E-state index contributed by atoms with van der Waals surface area (Å²) < 4.78 is 8.69. The van der Waals surface area contributed by atoms with Gasteiger partial charge in [0.1, 0.15) is 11.6 Å². The highest BCUT2D eigenvalue weighted by Gasteiger charge is 2.28. The number of benzene rings is 1. The van der Waals surface area contributed by atoms with E-state index in [4.69, 9.17) is 16.3 Å². The number of nitrogens with zero attached hydrogens (tertiary/aromatic N) is 4. The van der Waals surface area contributed by atoms with Crippen molar-refractivity contribution in [3.05, 3.63) is 56.2 Å². The van der Waals surface area contributed by atoms with Crippen LogP contribution in [0.15, 0.2) is 39.9 Å². The van der Waals surface area contributed by atoms with Crippen LogP contribution in [0.1, 0.15) is 46.7 Å². The van der Waals surface area contributed by atoms with Gasteiger partial charge < -0.3 is 14.5 Å². The quantitative estimate of drug-likeness (QED) is 0.659. The van der Waals surface area contributed by atoms with Crippen molar-refractivity contribution in [3.8, 4) is 5.75 Å². The second-order valence-electron chi connectivity index (χ2n) is 8.58. The topological polar surface area (TPSA) is 76.8 Å². The van der Waals surface area contributed by atoms with Crippen molar-refractivity contribution in [3.63, 3.8) is 0 Å². The van der Waals surface area contributed by atoms with Crippen LogP contribution in [0.4, 0.5) is 5.82 Å². The number of anilines is 1. The molecule has 1 fully saturated rings. The molecule has 1 aliphatic heterocycles. The van der Waals surface area contributed by atoms with E-state index in [1.54, 1.807) is 40.7 Å². The summed E-state index contributed by atoms with van der Waals surface area (Å²) in [7, 11) is 0. The lowest BCUT2D eigenvalue weighted by Gasteiger charge is -2.38. The lowest BCUT2D eigenvalue weighted by Crippen LogP contribution is -2.53. The van der Waals surface area contributed by atoms with Gasteiger partial charge in [0, 0.05) is 49.4 Å². The Morgan fingerprint density at radius 3 is 2.12 bits per heavy atom. The second-order valence-corrected chi connectivity index (χ2v) is 9.02. The summed E-state index contributed by atoms with van der Waals surface area (Å²) in [6.45, 7) is 11.2. The zero-order valence-corrected chi connectivity index (χ0v) is 20.0. The van der Waals surface area contributed by atoms with Gasteiger partial charge >= 0.3 is 5.69 Å². The fourth-order valence-electron chi connectivity index (χ4n) is 3.97. The Labute approximate surface area is 193 Å². The SMILES string of the molecule is CC(C)n1c(N2CCN(C(=O)[C@@H](C)Oc3cccc(Cl)c3)CC2)cc(=O)n(C(C)C)c1=O. The maximum absolute atomic E-state index is 13.0. The predicted molar refractivity (Wildman–Crippen MR) is 126 cm³/mol. The third-order valence-corrected chi connectivity index (χ3v) is 5.79. The molecular weight excluding hydrogens is 432 g/mol. The number of hydrogen-bond donors (Lipinski definition) is 0. The molecule has 0 unspecified atom stereocenters. The summed E-state index contributed by atoms with van der Waals surface area (Å²) in [6, 6.07) is 8.17. The number of aromatic nitrogens is 2. The summed E-state index contributed by atoms with van der Waals surface area (Å²) in [4.78, 5) is 42.2. The minimum absolute atomic E-state index is 0.103. The van der Waals surface area contributed by atoms with Crippen LogP contribution in [0.25, 0.3) is 0 Å². The van der Waals surface area contributed by atoms with E-state index in [-0.39, 0.29) is 29.2 Å². The van der Waals surface area contributed by atoms with Gasteiger partial charge in [0.15, 0.2) is 6.10 Å². The van der Waals surface area contributed by atoms with E-state index in [1.165, 1.54) is 10.6 Å². The molecule has 1 aromatic heterocycles. The van der Waals surface area contributed by atoms with Crippen molar-refractivity contribution in [1.29, 1.82) is 0 Å². The molecule has 0 radical (unpaired) electrons. The lowest BCUT2D eigenvalue weighted by molar-refractivity contribution is -0.138. The number of ether oxygens (including phenoxy) is 1. The Morgan fingerprint density at radius 2 is 1.56 bits per heavy atom. The first-order chi connectivity index (χ1) is 15.1. The van der Waals surface area contributed by atoms with Gasteiger partial charge in [-0.3, -0.25) is 18.7 Å². The van der Waals surface area contributed by atoms with Gasteiger partial charge in [0.25, 0.3) is 11.5 Å². The lowest BCUT2D eigenvalue weighted by atomic mass is 10.2. The van der Waals surface area contributed by atoms with E-state index in [2.05, 4.69) is 0 Å². The zero-order valence-electron chi connectivity index (χ0n) is 19.2. The third-order valence-electron chi connectivity index (χ3n) is 5.55. The van der Waals surface area contributed by atoms with Crippen molar-refractivity contribution in [2.24, 2.45) is 0 Å². The molecular formula is C23H31ClN4O4. The van der Waals surface area contributed by atoms with Gasteiger partial charge in [0.2, 0.25) is 0 Å². The molecule has 9 heteroatoms. The fraction of sp³-hybridized carbons (Fsp3) is 0.522. The maximum Gasteiger partial charge on any atom is 0.333 e. The number of carbonyl (C=O) groups is 1. The third kappa shape index (κ3) is 5.01. The monoisotopic (exact) mass is 462 g/mol. The fourth-order valence-corrected chi connectivity index (χ4v) is 4.15. The van der Waals surface area contributed by atoms with Gasteiger partial charge in [-0.05, 0) is 52.8 Å². The van der Waals surface area contributed by atoms with Crippen molar-refractivity contribution in [1.82, 2.24) is 14.0 Å². The maximum atomic E-state index is 13.0. The van der Waals surface area contributed by atoms with Crippen molar-refractivity contribution >= 4 is 23.3 Å². The van der Waals surface area contributed by atoms with Crippen LogP contribution in [0, 0.1) is 0 Å². The minimum atomic E-state index is -0.649. The van der Waals surface area contributed by atoms with Gasteiger partial charge in [-0.15, -0.1) is 0 Å². The molecule has 2 aromatic rings. The zero-order chi connectivity index (χ0) is 23.6. The first kappa shape index (κ1) is 23.9. The van der Waals surface area contributed by atoms with Gasteiger partial charge in [-0.25, -0.2) is 4.79 Å². The first-order valence-corrected chi connectivity index (χ1v) is 11.3. The molecule has 32 heavy (non-hydrogen) atoms. The molecule has 0 N–H and O–H groups in total. The molecule has 0 saturated carbocycles. The van der Waals surface area contributed by atoms with E-state index < -0.39 is 6.10 Å². The summed E-state index contributed by atoms with van der Waals surface area (Å²) >= 11 is 5.99. The molecule has 8 nitrogen and oxygen atoms in total. The highest BCUT2D eigenvalue weighted by molar-refractivity contribution is 6.30. The van der Waals surface area contributed by atoms with Crippen molar-refractivity contribution in [2.45, 2.75) is 52.8 Å². The predicted octanol–water partition coefficient (Wildman–Crippen LogP) is 2.94. The molecule has 3 rings (SSSR count). The van der Waals surface area contributed by atoms with Crippen LogP contribution in [-0.2, 0) is 4.79 Å². The van der Waals surface area contributed by atoms with E-state index in [0.717, 1.165) is 0 Å². The average Bonchev–Trinajstić information content (AvgIpc) is 2.72. The molecule has 174 valence electrons. The number of rotatable bonds is 6. The molecule has 1 aromatic carbocycles. The molecule has 0 spiro atoms. The molecule has 0 aliphatic carbocycles. The number of amides is 1. The second kappa shape index (κ2) is 9.81. The van der Waals surface area contributed by atoms with Crippen LogP contribution >= 0.6 is 11.6 Å². The summed E-state index contributed by atoms with van der Waals surface area (Å²) in [5, 5.41) is 0.548. The Bertz CT molecular complexity index is 1080. The van der Waals surface area contributed by atoms with Gasteiger partial charge in [-0.2, -0.15) is 0 Å². The molecule has 0 bridgehead atoms.